The van der Waals surface area contributed by atoms with E-state index >= 15 is 0 Å². The number of hydrogen-bond donors (Lipinski definition) is 2. The number of amides is 1. The fourth-order valence-electron chi connectivity index (χ4n) is 1.71. The van der Waals surface area contributed by atoms with E-state index in [1.54, 1.807) is 36.4 Å². The summed E-state index contributed by atoms with van der Waals surface area (Å²) in [4.78, 5) is 11.7. The molecule has 1 aromatic carbocycles. The lowest BCUT2D eigenvalue weighted by Crippen LogP contribution is -2.08. The van der Waals surface area contributed by atoms with Crippen molar-refractivity contribution in [2.75, 3.05) is 12.4 Å². The molecule has 2 rings (SSSR count). The number of aliphatic hydroxyl groups excluding tert-OH is 1. The second-order valence-corrected chi connectivity index (χ2v) is 4.02. The number of furan rings is 1. The van der Waals surface area contributed by atoms with Gasteiger partial charge in [0.05, 0.1) is 20.0 Å². The monoisotopic (exact) mass is 273 g/mol. The van der Waals surface area contributed by atoms with Crippen molar-refractivity contribution in [1.29, 1.82) is 0 Å². The minimum atomic E-state index is -0.282. The van der Waals surface area contributed by atoms with Crippen LogP contribution in [0.15, 0.2) is 47.1 Å². The van der Waals surface area contributed by atoms with E-state index in [0.717, 1.165) is 0 Å². The summed E-state index contributed by atoms with van der Waals surface area (Å²) in [5.41, 5.74) is 1.20. The number of rotatable bonds is 5. The van der Waals surface area contributed by atoms with Crippen LogP contribution in [0.4, 0.5) is 5.69 Å². The molecule has 0 unspecified atom stereocenters. The summed E-state index contributed by atoms with van der Waals surface area (Å²) in [7, 11) is 1.53. The standard InChI is InChI=1S/C15H15NO4/c1-19-14-6-4-12(9-11(14)10-17)16-15(18)7-5-13-3-2-8-20-13/h2-9,17H,10H2,1H3,(H,16,18)/b7-5+. The summed E-state index contributed by atoms with van der Waals surface area (Å²) in [5.74, 6) is 0.901. The largest absolute Gasteiger partial charge is 0.496 e. The molecule has 5 nitrogen and oxygen atoms in total. The van der Waals surface area contributed by atoms with Crippen molar-refractivity contribution in [1.82, 2.24) is 0 Å². The van der Waals surface area contributed by atoms with Crippen LogP contribution in [0.3, 0.4) is 0 Å². The molecule has 0 aliphatic carbocycles. The molecule has 0 radical (unpaired) electrons. The van der Waals surface area contributed by atoms with Crippen LogP contribution in [0, 0.1) is 0 Å². The number of anilines is 1. The van der Waals surface area contributed by atoms with Crippen LogP contribution in [-0.4, -0.2) is 18.1 Å². The van der Waals surface area contributed by atoms with E-state index in [2.05, 4.69) is 5.32 Å². The Labute approximate surface area is 116 Å². The van der Waals surface area contributed by atoms with Crippen molar-refractivity contribution >= 4 is 17.7 Å². The third-order valence-electron chi connectivity index (χ3n) is 2.66. The first kappa shape index (κ1) is 13.9. The number of hydrogen-bond acceptors (Lipinski definition) is 4. The van der Waals surface area contributed by atoms with Crippen LogP contribution < -0.4 is 10.1 Å². The molecule has 1 amide bonds. The predicted molar refractivity (Wildman–Crippen MR) is 75.3 cm³/mol. The molecule has 2 aromatic rings. The summed E-state index contributed by atoms with van der Waals surface area (Å²) in [6.45, 7) is -0.158. The van der Waals surface area contributed by atoms with Gasteiger partial charge in [0.2, 0.25) is 5.91 Å². The van der Waals surface area contributed by atoms with Gasteiger partial charge in [0, 0.05) is 17.3 Å². The molecule has 0 aliphatic heterocycles. The van der Waals surface area contributed by atoms with E-state index in [1.807, 2.05) is 0 Å². The van der Waals surface area contributed by atoms with Crippen LogP contribution in [0.2, 0.25) is 0 Å². The maximum Gasteiger partial charge on any atom is 0.248 e. The molecule has 1 heterocycles. The minimum absolute atomic E-state index is 0.158. The van der Waals surface area contributed by atoms with Gasteiger partial charge >= 0.3 is 0 Å². The van der Waals surface area contributed by atoms with Crippen molar-refractivity contribution in [2.45, 2.75) is 6.61 Å². The molecule has 0 saturated carbocycles. The van der Waals surface area contributed by atoms with E-state index in [-0.39, 0.29) is 12.5 Å². The van der Waals surface area contributed by atoms with E-state index in [1.165, 1.54) is 19.4 Å². The molecule has 0 bridgehead atoms. The van der Waals surface area contributed by atoms with Gasteiger partial charge in [-0.15, -0.1) is 0 Å². The number of ether oxygens (including phenoxy) is 1. The molecule has 0 aliphatic rings. The lowest BCUT2D eigenvalue weighted by molar-refractivity contribution is -0.111. The van der Waals surface area contributed by atoms with Crippen LogP contribution >= 0.6 is 0 Å². The molecule has 0 saturated heterocycles. The third-order valence-corrected chi connectivity index (χ3v) is 2.66. The summed E-state index contributed by atoms with van der Waals surface area (Å²) < 4.78 is 10.2. The molecule has 0 fully saturated rings. The Balaban J connectivity index is 2.04. The van der Waals surface area contributed by atoms with Gasteiger partial charge in [-0.1, -0.05) is 0 Å². The Morgan fingerprint density at radius 3 is 2.95 bits per heavy atom. The first-order chi connectivity index (χ1) is 9.72. The number of carbonyl (C=O) groups is 1. The average molecular weight is 273 g/mol. The fourth-order valence-corrected chi connectivity index (χ4v) is 1.71. The zero-order chi connectivity index (χ0) is 14.4. The zero-order valence-electron chi connectivity index (χ0n) is 11.0. The van der Waals surface area contributed by atoms with Crippen molar-refractivity contribution < 1.29 is 19.1 Å². The van der Waals surface area contributed by atoms with Crippen molar-refractivity contribution in [3.63, 3.8) is 0 Å². The average Bonchev–Trinajstić information content (AvgIpc) is 2.98. The summed E-state index contributed by atoms with van der Waals surface area (Å²) in [6, 6.07) is 8.56. The van der Waals surface area contributed by atoms with Crippen LogP contribution in [0.1, 0.15) is 11.3 Å². The summed E-state index contributed by atoms with van der Waals surface area (Å²) in [6.07, 6.45) is 4.49. The van der Waals surface area contributed by atoms with E-state index in [0.29, 0.717) is 22.8 Å². The van der Waals surface area contributed by atoms with Gasteiger partial charge in [0.15, 0.2) is 0 Å². The Kier molecular flexibility index (Phi) is 4.57. The molecule has 104 valence electrons. The normalized spacial score (nSPS) is 10.7. The van der Waals surface area contributed by atoms with E-state index in [4.69, 9.17) is 9.15 Å². The highest BCUT2D eigenvalue weighted by atomic mass is 16.5. The quantitative estimate of drug-likeness (QED) is 0.821. The molecule has 2 N–H and O–H groups in total. The maximum absolute atomic E-state index is 11.7. The molecule has 5 heteroatoms. The number of benzene rings is 1. The van der Waals surface area contributed by atoms with Gasteiger partial charge in [-0.2, -0.15) is 0 Å². The first-order valence-electron chi connectivity index (χ1n) is 6.03. The highest BCUT2D eigenvalue weighted by Gasteiger charge is 2.05. The Bertz CT molecular complexity index is 602. The predicted octanol–water partition coefficient (Wildman–Crippen LogP) is 2.43. The number of carbonyl (C=O) groups excluding carboxylic acids is 1. The first-order valence-corrected chi connectivity index (χ1v) is 6.03. The molecule has 20 heavy (non-hydrogen) atoms. The molecular formula is C15H15NO4. The highest BCUT2D eigenvalue weighted by Crippen LogP contribution is 2.22. The Morgan fingerprint density at radius 2 is 2.30 bits per heavy atom. The van der Waals surface area contributed by atoms with Crippen LogP contribution in [-0.2, 0) is 11.4 Å². The maximum atomic E-state index is 11.7. The lowest BCUT2D eigenvalue weighted by atomic mass is 10.2. The van der Waals surface area contributed by atoms with Gasteiger partial charge < -0.3 is 19.6 Å². The second-order valence-electron chi connectivity index (χ2n) is 4.02. The van der Waals surface area contributed by atoms with Crippen LogP contribution in [0.25, 0.3) is 6.08 Å². The van der Waals surface area contributed by atoms with E-state index < -0.39 is 0 Å². The highest BCUT2D eigenvalue weighted by molar-refractivity contribution is 6.01. The van der Waals surface area contributed by atoms with Crippen LogP contribution in [0.5, 0.6) is 5.75 Å². The SMILES string of the molecule is COc1ccc(NC(=O)/C=C/c2ccco2)cc1CO. The Morgan fingerprint density at radius 1 is 1.45 bits per heavy atom. The van der Waals surface area contributed by atoms with E-state index in [9.17, 15) is 9.90 Å². The number of aliphatic hydroxyl groups is 1. The van der Waals surface area contributed by atoms with Gasteiger partial charge in [0.1, 0.15) is 11.5 Å². The summed E-state index contributed by atoms with van der Waals surface area (Å²) in [5, 5.41) is 11.9. The molecule has 0 atom stereocenters. The second kappa shape index (κ2) is 6.58. The van der Waals surface area contributed by atoms with Gasteiger partial charge in [-0.05, 0) is 36.4 Å². The number of nitrogens with one attached hydrogen (secondary N) is 1. The number of methoxy groups -OCH3 is 1. The minimum Gasteiger partial charge on any atom is -0.496 e. The topological polar surface area (TPSA) is 71.7 Å². The van der Waals surface area contributed by atoms with Gasteiger partial charge in [-0.25, -0.2) is 0 Å². The van der Waals surface area contributed by atoms with Crippen molar-refractivity contribution in [2.24, 2.45) is 0 Å². The molecule has 0 spiro atoms. The zero-order valence-corrected chi connectivity index (χ0v) is 11.0. The summed E-state index contributed by atoms with van der Waals surface area (Å²) >= 11 is 0. The fraction of sp³-hybridized carbons (Fsp3) is 0.133. The Hall–Kier alpha value is -2.53. The molecule has 1 aromatic heterocycles. The van der Waals surface area contributed by atoms with Gasteiger partial charge in [-0.3, -0.25) is 4.79 Å². The smallest absolute Gasteiger partial charge is 0.248 e. The van der Waals surface area contributed by atoms with Gasteiger partial charge in [0.25, 0.3) is 0 Å². The van der Waals surface area contributed by atoms with Crippen molar-refractivity contribution in [3.8, 4) is 5.75 Å². The lowest BCUT2D eigenvalue weighted by Gasteiger charge is -2.09. The third kappa shape index (κ3) is 3.49. The van der Waals surface area contributed by atoms with Crippen molar-refractivity contribution in [3.05, 3.63) is 54.0 Å². The molecular weight excluding hydrogens is 258 g/mol.